The number of rotatable bonds is 11. The first-order valence-corrected chi connectivity index (χ1v) is 9.70. The average molecular weight is 377 g/mol. The molecule has 0 aromatic heterocycles. The summed E-state index contributed by atoms with van der Waals surface area (Å²) >= 11 is 0. The molecule has 4 heteroatoms. The van der Waals surface area contributed by atoms with Gasteiger partial charge in [-0.3, -0.25) is 0 Å². The van der Waals surface area contributed by atoms with Crippen LogP contribution in [0.4, 0.5) is 5.69 Å². The Morgan fingerprint density at radius 3 is 2.04 bits per heavy atom. The minimum atomic E-state index is 0.498. The van der Waals surface area contributed by atoms with E-state index in [4.69, 9.17) is 14.2 Å². The summed E-state index contributed by atoms with van der Waals surface area (Å²) < 4.78 is 17.1. The fourth-order valence-corrected chi connectivity index (χ4v) is 2.66. The van der Waals surface area contributed by atoms with Crippen molar-refractivity contribution in [3.63, 3.8) is 0 Å². The molecule has 3 aromatic rings. The molecule has 146 valence electrons. The van der Waals surface area contributed by atoms with E-state index in [0.717, 1.165) is 42.5 Å². The molecule has 0 saturated carbocycles. The maximum atomic E-state index is 5.79. The van der Waals surface area contributed by atoms with Gasteiger partial charge in [0.25, 0.3) is 0 Å². The molecule has 0 spiro atoms. The molecule has 3 aromatic carbocycles. The molecule has 0 radical (unpaired) electrons. The Kier molecular flexibility index (Phi) is 7.62. The Morgan fingerprint density at radius 1 is 0.643 bits per heavy atom. The van der Waals surface area contributed by atoms with Crippen molar-refractivity contribution in [2.45, 2.75) is 19.9 Å². The van der Waals surface area contributed by atoms with E-state index in [-0.39, 0.29) is 0 Å². The molecule has 0 heterocycles. The number of anilines is 1. The first-order chi connectivity index (χ1) is 13.8. The fraction of sp³-hybridized carbons (Fsp3) is 0.250. The van der Waals surface area contributed by atoms with Crippen LogP contribution in [0, 0.1) is 0 Å². The van der Waals surface area contributed by atoms with Gasteiger partial charge in [0.2, 0.25) is 0 Å². The van der Waals surface area contributed by atoms with Gasteiger partial charge < -0.3 is 19.5 Å². The third kappa shape index (κ3) is 6.54. The second-order valence-electron chi connectivity index (χ2n) is 6.38. The van der Waals surface area contributed by atoms with Crippen molar-refractivity contribution >= 4 is 5.69 Å². The van der Waals surface area contributed by atoms with Gasteiger partial charge in [-0.2, -0.15) is 0 Å². The summed E-state index contributed by atoms with van der Waals surface area (Å²) in [5.74, 6) is 2.59. The van der Waals surface area contributed by atoms with E-state index in [1.54, 1.807) is 0 Å². The number of benzene rings is 3. The van der Waals surface area contributed by atoms with Gasteiger partial charge in [-0.1, -0.05) is 43.3 Å². The summed E-state index contributed by atoms with van der Waals surface area (Å²) in [7, 11) is 0. The zero-order valence-electron chi connectivity index (χ0n) is 16.3. The van der Waals surface area contributed by atoms with Crippen LogP contribution in [-0.2, 0) is 6.54 Å². The van der Waals surface area contributed by atoms with Crippen LogP contribution in [-0.4, -0.2) is 19.8 Å². The number of nitrogens with one attached hydrogen (secondary N) is 1. The lowest BCUT2D eigenvalue weighted by Crippen LogP contribution is -2.09. The van der Waals surface area contributed by atoms with Crippen molar-refractivity contribution in [3.8, 4) is 17.2 Å². The minimum Gasteiger partial charge on any atom is -0.494 e. The van der Waals surface area contributed by atoms with E-state index < -0.39 is 0 Å². The number of hydrogen-bond acceptors (Lipinski definition) is 4. The van der Waals surface area contributed by atoms with E-state index in [2.05, 4.69) is 24.4 Å². The molecule has 0 saturated heterocycles. The summed E-state index contributed by atoms with van der Waals surface area (Å²) in [6.45, 7) is 4.60. The van der Waals surface area contributed by atoms with Crippen molar-refractivity contribution in [1.29, 1.82) is 0 Å². The molecule has 1 N–H and O–H groups in total. The standard InChI is InChI=1S/C24H27NO3/c1-2-15-26-23-13-11-20(12-14-23)19-25-21-7-6-10-24(18-21)28-17-16-27-22-8-4-3-5-9-22/h3-14,18,25H,2,15-17,19H2,1H3. The fourth-order valence-electron chi connectivity index (χ4n) is 2.66. The normalized spacial score (nSPS) is 10.3. The topological polar surface area (TPSA) is 39.7 Å². The van der Waals surface area contributed by atoms with Crippen LogP contribution in [0.5, 0.6) is 17.2 Å². The van der Waals surface area contributed by atoms with Crippen LogP contribution in [0.25, 0.3) is 0 Å². The van der Waals surface area contributed by atoms with Gasteiger partial charge in [0.05, 0.1) is 6.61 Å². The Hall–Kier alpha value is -3.14. The summed E-state index contributed by atoms with van der Waals surface area (Å²) in [5.41, 5.74) is 2.22. The molecule has 0 aliphatic carbocycles. The zero-order valence-corrected chi connectivity index (χ0v) is 16.3. The van der Waals surface area contributed by atoms with Gasteiger partial charge in [0.15, 0.2) is 0 Å². The smallest absolute Gasteiger partial charge is 0.122 e. The van der Waals surface area contributed by atoms with Crippen molar-refractivity contribution < 1.29 is 14.2 Å². The molecular formula is C24H27NO3. The van der Waals surface area contributed by atoms with E-state index in [0.29, 0.717) is 13.2 Å². The number of hydrogen-bond donors (Lipinski definition) is 1. The summed E-state index contributed by atoms with van der Waals surface area (Å²) in [6.07, 6.45) is 1.01. The molecule has 28 heavy (non-hydrogen) atoms. The summed E-state index contributed by atoms with van der Waals surface area (Å²) in [6, 6.07) is 25.9. The Bertz CT molecular complexity index is 819. The van der Waals surface area contributed by atoms with E-state index in [1.165, 1.54) is 5.56 Å². The maximum Gasteiger partial charge on any atom is 0.122 e. The summed E-state index contributed by atoms with van der Waals surface area (Å²) in [5, 5.41) is 3.43. The second-order valence-corrected chi connectivity index (χ2v) is 6.38. The molecule has 3 rings (SSSR count). The second kappa shape index (κ2) is 10.9. The SMILES string of the molecule is CCCOc1ccc(CNc2cccc(OCCOc3ccccc3)c2)cc1. The molecule has 0 amide bonds. The molecule has 0 bridgehead atoms. The average Bonchev–Trinajstić information content (AvgIpc) is 2.76. The van der Waals surface area contributed by atoms with Gasteiger partial charge in [-0.25, -0.2) is 0 Å². The Balaban J connectivity index is 1.42. The largest absolute Gasteiger partial charge is 0.494 e. The zero-order chi connectivity index (χ0) is 19.4. The Labute approximate surface area is 167 Å². The molecule has 0 atom stereocenters. The molecule has 0 unspecified atom stereocenters. The monoisotopic (exact) mass is 377 g/mol. The van der Waals surface area contributed by atoms with Gasteiger partial charge in [0.1, 0.15) is 30.5 Å². The maximum absolute atomic E-state index is 5.79. The first kappa shape index (κ1) is 19.6. The number of ether oxygens (including phenoxy) is 3. The third-order valence-corrected chi connectivity index (χ3v) is 4.09. The van der Waals surface area contributed by atoms with Gasteiger partial charge in [-0.05, 0) is 48.4 Å². The van der Waals surface area contributed by atoms with Crippen LogP contribution >= 0.6 is 0 Å². The van der Waals surface area contributed by atoms with Crippen LogP contribution < -0.4 is 19.5 Å². The van der Waals surface area contributed by atoms with Crippen LogP contribution in [0.1, 0.15) is 18.9 Å². The van der Waals surface area contributed by atoms with Gasteiger partial charge >= 0.3 is 0 Å². The predicted molar refractivity (Wildman–Crippen MR) is 113 cm³/mol. The first-order valence-electron chi connectivity index (χ1n) is 9.70. The van der Waals surface area contributed by atoms with Crippen molar-refractivity contribution in [2.75, 3.05) is 25.1 Å². The molecule has 0 aliphatic rings. The molecular weight excluding hydrogens is 350 g/mol. The minimum absolute atomic E-state index is 0.498. The highest BCUT2D eigenvalue weighted by molar-refractivity contribution is 5.48. The lowest BCUT2D eigenvalue weighted by molar-refractivity contribution is 0.217. The van der Waals surface area contributed by atoms with E-state index >= 15 is 0 Å². The molecule has 0 fully saturated rings. The Morgan fingerprint density at radius 2 is 1.29 bits per heavy atom. The van der Waals surface area contributed by atoms with Crippen molar-refractivity contribution in [3.05, 3.63) is 84.4 Å². The van der Waals surface area contributed by atoms with Crippen LogP contribution in [0.2, 0.25) is 0 Å². The highest BCUT2D eigenvalue weighted by Crippen LogP contribution is 2.19. The van der Waals surface area contributed by atoms with Crippen LogP contribution in [0.3, 0.4) is 0 Å². The van der Waals surface area contributed by atoms with Crippen LogP contribution in [0.15, 0.2) is 78.9 Å². The van der Waals surface area contributed by atoms with Gasteiger partial charge in [-0.15, -0.1) is 0 Å². The lowest BCUT2D eigenvalue weighted by atomic mass is 10.2. The third-order valence-electron chi connectivity index (χ3n) is 4.09. The van der Waals surface area contributed by atoms with Crippen molar-refractivity contribution in [1.82, 2.24) is 0 Å². The van der Waals surface area contributed by atoms with E-state index in [9.17, 15) is 0 Å². The molecule has 0 aliphatic heterocycles. The van der Waals surface area contributed by atoms with Gasteiger partial charge in [0, 0.05) is 18.3 Å². The van der Waals surface area contributed by atoms with E-state index in [1.807, 2.05) is 66.7 Å². The molecule has 4 nitrogen and oxygen atoms in total. The lowest BCUT2D eigenvalue weighted by Gasteiger charge is -2.11. The predicted octanol–water partition coefficient (Wildman–Crippen LogP) is 5.55. The summed E-state index contributed by atoms with van der Waals surface area (Å²) in [4.78, 5) is 0. The quantitative estimate of drug-likeness (QED) is 0.445. The highest BCUT2D eigenvalue weighted by atomic mass is 16.5. The van der Waals surface area contributed by atoms with Crippen molar-refractivity contribution in [2.24, 2.45) is 0 Å². The highest BCUT2D eigenvalue weighted by Gasteiger charge is 2.00. The number of para-hydroxylation sites is 1.